The summed E-state index contributed by atoms with van der Waals surface area (Å²) in [5.41, 5.74) is 0.725. The minimum Gasteiger partial charge on any atom is -0.316 e. The number of sulfonamides is 1. The summed E-state index contributed by atoms with van der Waals surface area (Å²) in [7, 11) is -3.76. The van der Waals surface area contributed by atoms with Gasteiger partial charge in [-0.15, -0.1) is 0 Å². The van der Waals surface area contributed by atoms with Gasteiger partial charge in [-0.1, -0.05) is 6.07 Å². The van der Waals surface area contributed by atoms with E-state index in [4.69, 9.17) is 0 Å². The predicted molar refractivity (Wildman–Crippen MR) is 76.5 cm³/mol. The molecule has 1 aliphatic rings. The first kappa shape index (κ1) is 15.4. The molecule has 1 atom stereocenters. The van der Waals surface area contributed by atoms with Gasteiger partial charge >= 0.3 is 0 Å². The lowest BCUT2D eigenvalue weighted by Gasteiger charge is -2.22. The maximum atomic E-state index is 13.6. The van der Waals surface area contributed by atoms with E-state index in [0.29, 0.717) is 12.5 Å². The van der Waals surface area contributed by atoms with Gasteiger partial charge < -0.3 is 5.32 Å². The average molecular weight is 300 g/mol. The minimum atomic E-state index is -3.76. The molecule has 0 bridgehead atoms. The zero-order valence-electron chi connectivity index (χ0n) is 11.7. The molecule has 4 nitrogen and oxygen atoms in total. The summed E-state index contributed by atoms with van der Waals surface area (Å²) in [4.78, 5) is -0.265. The van der Waals surface area contributed by atoms with Crippen LogP contribution >= 0.6 is 0 Å². The molecule has 0 amide bonds. The largest absolute Gasteiger partial charge is 0.316 e. The monoisotopic (exact) mass is 300 g/mol. The van der Waals surface area contributed by atoms with Crippen molar-refractivity contribution in [3.8, 4) is 0 Å². The van der Waals surface area contributed by atoms with Crippen molar-refractivity contribution < 1.29 is 12.8 Å². The molecule has 1 aromatic carbocycles. The van der Waals surface area contributed by atoms with E-state index in [2.05, 4.69) is 10.0 Å². The number of piperidine rings is 1. The first-order valence-electron chi connectivity index (χ1n) is 6.95. The van der Waals surface area contributed by atoms with Crippen molar-refractivity contribution in [1.82, 2.24) is 10.0 Å². The molecule has 6 heteroatoms. The highest BCUT2D eigenvalue weighted by atomic mass is 32.2. The summed E-state index contributed by atoms with van der Waals surface area (Å²) in [5, 5.41) is 3.29. The van der Waals surface area contributed by atoms with Crippen LogP contribution in [0.5, 0.6) is 0 Å². The summed E-state index contributed by atoms with van der Waals surface area (Å²) < 4.78 is 40.3. The van der Waals surface area contributed by atoms with Crippen molar-refractivity contribution in [2.45, 2.75) is 31.1 Å². The Morgan fingerprint density at radius 3 is 2.95 bits per heavy atom. The van der Waals surface area contributed by atoms with Gasteiger partial charge in [0.25, 0.3) is 0 Å². The van der Waals surface area contributed by atoms with Crippen LogP contribution in [0, 0.1) is 18.7 Å². The molecule has 1 fully saturated rings. The number of hydrogen-bond donors (Lipinski definition) is 2. The Balaban J connectivity index is 1.95. The lowest BCUT2D eigenvalue weighted by Crippen LogP contribution is -2.33. The molecule has 2 rings (SSSR count). The highest BCUT2D eigenvalue weighted by Crippen LogP contribution is 2.17. The number of benzene rings is 1. The van der Waals surface area contributed by atoms with Crippen molar-refractivity contribution in [2.24, 2.45) is 5.92 Å². The molecule has 20 heavy (non-hydrogen) atoms. The molecule has 0 radical (unpaired) electrons. The SMILES string of the molecule is Cc1ccc(F)c(S(=O)(=O)NCCC2CCCNC2)c1. The maximum Gasteiger partial charge on any atom is 0.243 e. The van der Waals surface area contributed by atoms with Gasteiger partial charge in [0.05, 0.1) is 0 Å². The van der Waals surface area contributed by atoms with E-state index in [1.807, 2.05) is 0 Å². The molecule has 1 heterocycles. The number of nitrogens with one attached hydrogen (secondary N) is 2. The van der Waals surface area contributed by atoms with Gasteiger partial charge in [-0.05, 0) is 62.9 Å². The Bertz CT molecular complexity index is 554. The average Bonchev–Trinajstić information content (AvgIpc) is 2.42. The van der Waals surface area contributed by atoms with Crippen molar-refractivity contribution in [3.05, 3.63) is 29.6 Å². The number of rotatable bonds is 5. The van der Waals surface area contributed by atoms with E-state index >= 15 is 0 Å². The lowest BCUT2D eigenvalue weighted by molar-refractivity contribution is 0.358. The molecule has 1 unspecified atom stereocenters. The van der Waals surface area contributed by atoms with E-state index in [1.165, 1.54) is 12.1 Å². The Hall–Kier alpha value is -0.980. The van der Waals surface area contributed by atoms with E-state index < -0.39 is 15.8 Å². The number of hydrogen-bond acceptors (Lipinski definition) is 3. The quantitative estimate of drug-likeness (QED) is 0.872. The first-order chi connectivity index (χ1) is 9.49. The van der Waals surface area contributed by atoms with Crippen LogP contribution in [0.15, 0.2) is 23.1 Å². The zero-order valence-corrected chi connectivity index (χ0v) is 12.5. The fourth-order valence-corrected chi connectivity index (χ4v) is 3.67. The topological polar surface area (TPSA) is 58.2 Å². The third-order valence-electron chi connectivity index (χ3n) is 3.62. The van der Waals surface area contributed by atoms with E-state index in [1.54, 1.807) is 13.0 Å². The molecule has 0 aromatic heterocycles. The molecule has 1 aromatic rings. The summed E-state index contributed by atoms with van der Waals surface area (Å²) in [5.74, 6) is -0.212. The van der Waals surface area contributed by atoms with Gasteiger partial charge in [0.15, 0.2) is 0 Å². The summed E-state index contributed by atoms with van der Waals surface area (Å²) >= 11 is 0. The molecule has 1 aliphatic heterocycles. The molecule has 0 spiro atoms. The molecule has 0 aliphatic carbocycles. The highest BCUT2D eigenvalue weighted by Gasteiger charge is 2.20. The van der Waals surface area contributed by atoms with Gasteiger partial charge in [0, 0.05) is 6.54 Å². The fraction of sp³-hybridized carbons (Fsp3) is 0.571. The fourth-order valence-electron chi connectivity index (χ4n) is 2.46. The van der Waals surface area contributed by atoms with Crippen LogP contribution in [-0.2, 0) is 10.0 Å². The van der Waals surface area contributed by atoms with E-state index in [-0.39, 0.29) is 4.90 Å². The van der Waals surface area contributed by atoms with E-state index in [9.17, 15) is 12.8 Å². The molecule has 2 N–H and O–H groups in total. The third kappa shape index (κ3) is 4.01. The minimum absolute atomic E-state index is 0.265. The zero-order chi connectivity index (χ0) is 14.6. The summed E-state index contributed by atoms with van der Waals surface area (Å²) in [6.45, 7) is 4.06. The molecule has 112 valence electrons. The molecular weight excluding hydrogens is 279 g/mol. The van der Waals surface area contributed by atoms with Crippen LogP contribution in [0.2, 0.25) is 0 Å². The standard InChI is InChI=1S/C14H21FN2O2S/c1-11-4-5-13(15)14(9-11)20(18,19)17-8-6-12-3-2-7-16-10-12/h4-5,9,12,16-17H,2-3,6-8,10H2,1H3. The smallest absolute Gasteiger partial charge is 0.243 e. The normalized spacial score (nSPS) is 20.0. The molecular formula is C14H21FN2O2S. The molecule has 0 saturated carbocycles. The van der Waals surface area contributed by atoms with Crippen LogP contribution in [0.4, 0.5) is 4.39 Å². The van der Waals surface area contributed by atoms with E-state index in [0.717, 1.165) is 37.9 Å². The Morgan fingerprint density at radius 1 is 1.45 bits per heavy atom. The van der Waals surface area contributed by atoms with Crippen LogP contribution in [0.3, 0.4) is 0 Å². The predicted octanol–water partition coefficient (Wildman–Crippen LogP) is 1.80. The molecule has 1 saturated heterocycles. The Kier molecular flexibility index (Phi) is 5.12. The second-order valence-corrected chi connectivity index (χ2v) is 7.07. The highest BCUT2D eigenvalue weighted by molar-refractivity contribution is 7.89. The van der Waals surface area contributed by atoms with Crippen LogP contribution in [0.1, 0.15) is 24.8 Å². The second-order valence-electron chi connectivity index (χ2n) is 5.33. The third-order valence-corrected chi connectivity index (χ3v) is 5.10. The van der Waals surface area contributed by atoms with Gasteiger partial charge in [-0.3, -0.25) is 0 Å². The van der Waals surface area contributed by atoms with Gasteiger partial charge in [0.1, 0.15) is 10.7 Å². The summed E-state index contributed by atoms with van der Waals surface area (Å²) in [6, 6.07) is 4.11. The Morgan fingerprint density at radius 2 is 2.25 bits per heavy atom. The van der Waals surface area contributed by atoms with Crippen LogP contribution in [0.25, 0.3) is 0 Å². The van der Waals surface area contributed by atoms with Crippen molar-refractivity contribution in [1.29, 1.82) is 0 Å². The lowest BCUT2D eigenvalue weighted by atomic mass is 9.96. The van der Waals surface area contributed by atoms with Crippen molar-refractivity contribution >= 4 is 10.0 Å². The first-order valence-corrected chi connectivity index (χ1v) is 8.44. The number of halogens is 1. The van der Waals surface area contributed by atoms with Crippen molar-refractivity contribution in [3.63, 3.8) is 0 Å². The van der Waals surface area contributed by atoms with Crippen LogP contribution in [-0.4, -0.2) is 28.1 Å². The van der Waals surface area contributed by atoms with Crippen molar-refractivity contribution in [2.75, 3.05) is 19.6 Å². The summed E-state index contributed by atoms with van der Waals surface area (Å²) in [6.07, 6.45) is 3.02. The Labute approximate surface area is 119 Å². The maximum absolute atomic E-state index is 13.6. The van der Waals surface area contributed by atoms with Gasteiger partial charge in [-0.2, -0.15) is 0 Å². The van der Waals surface area contributed by atoms with Gasteiger partial charge in [0.2, 0.25) is 10.0 Å². The van der Waals surface area contributed by atoms with Gasteiger partial charge in [-0.25, -0.2) is 17.5 Å². The second kappa shape index (κ2) is 6.65. The van der Waals surface area contributed by atoms with Crippen LogP contribution < -0.4 is 10.0 Å². The number of aryl methyl sites for hydroxylation is 1.